The summed E-state index contributed by atoms with van der Waals surface area (Å²) in [5.41, 5.74) is 4.14. The van der Waals surface area contributed by atoms with Crippen LogP contribution in [-0.4, -0.2) is 20.3 Å². The number of aromatic nitrogens is 3. The van der Waals surface area contributed by atoms with E-state index in [1.54, 1.807) is 6.20 Å². The molecule has 3 aromatic rings. The predicted octanol–water partition coefficient (Wildman–Crippen LogP) is 4.51. The van der Waals surface area contributed by atoms with Gasteiger partial charge in [0, 0.05) is 23.2 Å². The molecule has 0 aliphatic carbocycles. The van der Waals surface area contributed by atoms with Gasteiger partial charge in [0.2, 0.25) is 0 Å². The number of fused-ring (bicyclic) bond motifs is 1. The van der Waals surface area contributed by atoms with Crippen LogP contribution in [0.3, 0.4) is 0 Å². The van der Waals surface area contributed by atoms with Crippen molar-refractivity contribution in [2.45, 2.75) is 31.7 Å². The molecule has 0 amide bonds. The van der Waals surface area contributed by atoms with Crippen molar-refractivity contribution >= 4 is 22.8 Å². The molecule has 0 saturated heterocycles. The lowest BCUT2D eigenvalue weighted by Crippen LogP contribution is -2.00. The molecule has 6 heteroatoms. The average Bonchev–Trinajstić information content (AvgIpc) is 2.93. The molecular formula is C17H17F2N3S. The first-order valence-electron chi connectivity index (χ1n) is 7.41. The number of thioether (sulfide) groups is 1. The number of aryl methyl sites for hydroxylation is 3. The van der Waals surface area contributed by atoms with Crippen LogP contribution < -0.4 is 0 Å². The minimum Gasteiger partial charge on any atom is -0.330 e. The van der Waals surface area contributed by atoms with E-state index in [9.17, 15) is 8.78 Å². The Bertz CT molecular complexity index is 845. The highest BCUT2D eigenvalue weighted by Gasteiger charge is 2.09. The zero-order valence-corrected chi connectivity index (χ0v) is 13.8. The highest BCUT2D eigenvalue weighted by atomic mass is 32.2. The average molecular weight is 333 g/mol. The van der Waals surface area contributed by atoms with Gasteiger partial charge in [0.25, 0.3) is 0 Å². The Morgan fingerprint density at radius 1 is 1.17 bits per heavy atom. The van der Waals surface area contributed by atoms with E-state index in [4.69, 9.17) is 0 Å². The van der Waals surface area contributed by atoms with Gasteiger partial charge in [-0.2, -0.15) is 0 Å². The van der Waals surface area contributed by atoms with E-state index in [0.717, 1.165) is 47.1 Å². The Morgan fingerprint density at radius 2 is 2.00 bits per heavy atom. The third-order valence-electron chi connectivity index (χ3n) is 3.84. The van der Waals surface area contributed by atoms with Crippen molar-refractivity contribution in [2.75, 3.05) is 5.75 Å². The lowest BCUT2D eigenvalue weighted by Gasteiger charge is -2.08. The first-order valence-corrected chi connectivity index (χ1v) is 8.39. The van der Waals surface area contributed by atoms with Crippen molar-refractivity contribution in [3.63, 3.8) is 0 Å². The summed E-state index contributed by atoms with van der Waals surface area (Å²) in [4.78, 5) is 9.18. The Morgan fingerprint density at radius 3 is 2.78 bits per heavy atom. The van der Waals surface area contributed by atoms with Gasteiger partial charge in [-0.3, -0.25) is 4.98 Å². The molecule has 0 aliphatic rings. The van der Waals surface area contributed by atoms with E-state index in [1.807, 2.05) is 20.2 Å². The van der Waals surface area contributed by atoms with Gasteiger partial charge in [0.15, 0.2) is 0 Å². The van der Waals surface area contributed by atoms with Gasteiger partial charge in [0.1, 0.15) is 17.2 Å². The molecule has 2 aromatic heterocycles. The summed E-state index contributed by atoms with van der Waals surface area (Å²) in [5, 5.41) is 0. The van der Waals surface area contributed by atoms with Gasteiger partial charge < -0.3 is 4.57 Å². The second kappa shape index (κ2) is 6.66. The van der Waals surface area contributed by atoms with Crippen LogP contribution in [-0.2, 0) is 6.54 Å². The van der Waals surface area contributed by atoms with Gasteiger partial charge in [-0.25, -0.2) is 13.8 Å². The second-order valence-corrected chi connectivity index (χ2v) is 6.55. The number of hydrogen-bond acceptors (Lipinski definition) is 3. The number of nitrogens with zero attached hydrogens (tertiary/aromatic N) is 3. The monoisotopic (exact) mass is 333 g/mol. The number of hydrogen-bond donors (Lipinski definition) is 0. The molecule has 0 N–H and O–H groups in total. The van der Waals surface area contributed by atoms with Crippen LogP contribution >= 0.6 is 11.8 Å². The molecule has 0 radical (unpaired) electrons. The number of imidazole rings is 1. The fraction of sp³-hybridized carbons (Fsp3) is 0.294. The van der Waals surface area contributed by atoms with Crippen molar-refractivity contribution in [2.24, 2.45) is 0 Å². The van der Waals surface area contributed by atoms with Crippen molar-refractivity contribution in [3.05, 3.63) is 53.6 Å². The largest absolute Gasteiger partial charge is 0.330 e. The third-order valence-corrected chi connectivity index (χ3v) is 4.97. The maximum Gasteiger partial charge on any atom is 0.139 e. The molecule has 1 aromatic carbocycles. The van der Waals surface area contributed by atoms with Crippen LogP contribution in [0.2, 0.25) is 0 Å². The lowest BCUT2D eigenvalue weighted by molar-refractivity contribution is 0.565. The molecule has 0 unspecified atom stereocenters. The van der Waals surface area contributed by atoms with Gasteiger partial charge in [0.05, 0.1) is 18.0 Å². The molecule has 23 heavy (non-hydrogen) atoms. The fourth-order valence-electron chi connectivity index (χ4n) is 2.50. The summed E-state index contributed by atoms with van der Waals surface area (Å²) < 4.78 is 28.6. The van der Waals surface area contributed by atoms with E-state index in [-0.39, 0.29) is 0 Å². The molecular weight excluding hydrogens is 316 g/mol. The smallest absolute Gasteiger partial charge is 0.139 e. The summed E-state index contributed by atoms with van der Waals surface area (Å²) in [6, 6.07) is 3.69. The summed E-state index contributed by atoms with van der Waals surface area (Å²) in [5.74, 6) is -0.289. The van der Waals surface area contributed by atoms with Gasteiger partial charge >= 0.3 is 0 Å². The minimum absolute atomic E-state index is 0.484. The second-order valence-electron chi connectivity index (χ2n) is 5.42. The van der Waals surface area contributed by atoms with E-state index in [2.05, 4.69) is 14.5 Å². The molecule has 0 aliphatic heterocycles. The fourth-order valence-corrected chi connectivity index (χ4v) is 3.36. The molecule has 0 bridgehead atoms. The number of benzene rings is 1. The predicted molar refractivity (Wildman–Crippen MR) is 88.7 cm³/mol. The zero-order valence-electron chi connectivity index (χ0n) is 13.0. The molecule has 3 rings (SSSR count). The Kier molecular flexibility index (Phi) is 4.61. The number of pyridine rings is 1. The van der Waals surface area contributed by atoms with Crippen molar-refractivity contribution in [3.8, 4) is 0 Å². The van der Waals surface area contributed by atoms with Crippen LogP contribution in [0.1, 0.15) is 17.7 Å². The molecule has 0 spiro atoms. The van der Waals surface area contributed by atoms with Gasteiger partial charge in [-0.1, -0.05) is 0 Å². The standard InChI is InChI=1S/C17H17F2N3S/c1-11-12(2)20-9-15-17(11)22(10-21-15)6-3-7-23-16-5-4-13(18)8-14(16)19/h4-5,8-10H,3,6-7H2,1-2H3. The summed E-state index contributed by atoms with van der Waals surface area (Å²) in [7, 11) is 0. The Hall–Kier alpha value is -1.95. The molecule has 0 saturated carbocycles. The minimum atomic E-state index is -0.545. The maximum absolute atomic E-state index is 13.6. The molecule has 120 valence electrons. The summed E-state index contributed by atoms with van der Waals surface area (Å²) >= 11 is 1.40. The normalized spacial score (nSPS) is 11.3. The molecule has 3 nitrogen and oxygen atoms in total. The zero-order chi connectivity index (χ0) is 16.4. The van der Waals surface area contributed by atoms with E-state index in [1.165, 1.54) is 23.9 Å². The highest BCUT2D eigenvalue weighted by Crippen LogP contribution is 2.24. The third kappa shape index (κ3) is 3.37. The Balaban J connectivity index is 1.64. The Labute approximate surface area is 137 Å². The first kappa shape index (κ1) is 15.9. The molecule has 0 atom stereocenters. The van der Waals surface area contributed by atoms with Crippen LogP contribution in [0.5, 0.6) is 0 Å². The van der Waals surface area contributed by atoms with Gasteiger partial charge in [-0.05, 0) is 43.7 Å². The SMILES string of the molecule is Cc1ncc2ncn(CCCSc3ccc(F)cc3F)c2c1C. The van der Waals surface area contributed by atoms with Crippen molar-refractivity contribution < 1.29 is 8.78 Å². The number of rotatable bonds is 5. The summed E-state index contributed by atoms with van der Waals surface area (Å²) in [6.45, 7) is 4.83. The lowest BCUT2D eigenvalue weighted by atomic mass is 10.2. The van der Waals surface area contributed by atoms with Crippen LogP contribution in [0.25, 0.3) is 11.0 Å². The van der Waals surface area contributed by atoms with Crippen LogP contribution in [0.15, 0.2) is 35.6 Å². The maximum atomic E-state index is 13.6. The topological polar surface area (TPSA) is 30.7 Å². The summed E-state index contributed by atoms with van der Waals surface area (Å²) in [6.07, 6.45) is 4.48. The highest BCUT2D eigenvalue weighted by molar-refractivity contribution is 7.99. The first-order chi connectivity index (χ1) is 11.1. The van der Waals surface area contributed by atoms with Gasteiger partial charge in [-0.15, -0.1) is 11.8 Å². The van der Waals surface area contributed by atoms with Crippen molar-refractivity contribution in [1.82, 2.24) is 14.5 Å². The number of halogens is 2. The van der Waals surface area contributed by atoms with Crippen LogP contribution in [0, 0.1) is 25.5 Å². The van der Waals surface area contributed by atoms with Crippen LogP contribution in [0.4, 0.5) is 8.78 Å². The van der Waals surface area contributed by atoms with Crippen molar-refractivity contribution in [1.29, 1.82) is 0 Å². The van der Waals surface area contributed by atoms with E-state index < -0.39 is 11.6 Å². The quantitative estimate of drug-likeness (QED) is 0.508. The molecule has 2 heterocycles. The van der Waals surface area contributed by atoms with E-state index in [0.29, 0.717) is 4.90 Å². The molecule has 0 fully saturated rings. The van der Waals surface area contributed by atoms with E-state index >= 15 is 0 Å².